The second-order valence-electron chi connectivity index (χ2n) is 7.76. The molecule has 0 radical (unpaired) electrons. The van der Waals surface area contributed by atoms with E-state index in [1.807, 2.05) is 42.6 Å². The molecule has 2 atom stereocenters. The van der Waals surface area contributed by atoms with E-state index in [-0.39, 0.29) is 11.3 Å². The monoisotopic (exact) mass is 517 g/mol. The van der Waals surface area contributed by atoms with E-state index in [0.29, 0.717) is 11.4 Å². The average molecular weight is 518 g/mol. The van der Waals surface area contributed by atoms with Gasteiger partial charge in [0.2, 0.25) is 5.91 Å². The number of hydrogen-bond donors (Lipinski definition) is 2. The maximum absolute atomic E-state index is 13.3. The van der Waals surface area contributed by atoms with E-state index < -0.39 is 34.0 Å². The number of hydrogen-bond acceptors (Lipinski definition) is 9. The van der Waals surface area contributed by atoms with Gasteiger partial charge in [-0.15, -0.1) is 11.3 Å². The van der Waals surface area contributed by atoms with Crippen molar-refractivity contribution in [1.82, 2.24) is 10.3 Å². The predicted octanol–water partition coefficient (Wildman–Crippen LogP) is 2.72. The van der Waals surface area contributed by atoms with Crippen LogP contribution in [0, 0.1) is 5.92 Å². The Morgan fingerprint density at radius 3 is 2.29 bits per heavy atom. The van der Waals surface area contributed by atoms with Crippen molar-refractivity contribution < 1.29 is 27.0 Å². The van der Waals surface area contributed by atoms with Gasteiger partial charge in [0, 0.05) is 5.38 Å². The average Bonchev–Trinajstić information content (AvgIpc) is 3.36. The van der Waals surface area contributed by atoms with Gasteiger partial charge in [-0.25, -0.2) is 4.98 Å². The number of nitrogens with two attached hydrogens (primary N) is 1. The van der Waals surface area contributed by atoms with E-state index in [2.05, 4.69) is 14.6 Å². The fourth-order valence-electron chi connectivity index (χ4n) is 3.48. The fraction of sp³-hybridized carbons (Fsp3) is 0.292. The third-order valence-corrected chi connectivity index (χ3v) is 7.52. The molecular weight excluding hydrogens is 490 g/mol. The Kier molecular flexibility index (Phi) is 9.10. The van der Waals surface area contributed by atoms with Crippen LogP contribution in [0.15, 0.2) is 64.9 Å². The number of rotatable bonds is 11. The quantitative estimate of drug-likeness (QED) is 0.225. The number of amides is 1. The third-order valence-electron chi connectivity index (χ3n) is 5.41. The molecule has 0 aliphatic heterocycles. The number of carbonyl (C=O) groups is 2. The first-order valence-electron chi connectivity index (χ1n) is 10.9. The number of nitrogens with one attached hydrogen (secondary N) is 1. The molecule has 186 valence electrons. The second-order valence-corrected chi connectivity index (χ2v) is 10.2. The number of nitrogens with zero attached hydrogens (tertiary/aromatic N) is 1. The molecule has 3 N–H and O–H groups in total. The molecule has 1 heterocycles. The second kappa shape index (κ2) is 12.0. The molecule has 0 aliphatic rings. The molecule has 1 aromatic heterocycles. The van der Waals surface area contributed by atoms with Crippen molar-refractivity contribution in [2.24, 2.45) is 11.8 Å². The highest BCUT2D eigenvalue weighted by Crippen LogP contribution is 2.25. The summed E-state index contributed by atoms with van der Waals surface area (Å²) in [6.07, 6.45) is 1.25. The van der Waals surface area contributed by atoms with E-state index in [1.165, 1.54) is 30.6 Å². The molecule has 0 aliphatic carbocycles. The molecule has 9 nitrogen and oxygen atoms in total. The van der Waals surface area contributed by atoms with Gasteiger partial charge in [0.1, 0.15) is 10.9 Å². The number of thiazole rings is 1. The van der Waals surface area contributed by atoms with E-state index in [9.17, 15) is 18.0 Å². The number of ether oxygens (including phenoxy) is 1. The van der Waals surface area contributed by atoms with Crippen LogP contribution < -0.4 is 11.2 Å². The van der Waals surface area contributed by atoms with Gasteiger partial charge in [-0.2, -0.15) is 18.6 Å². The molecular formula is C24H27N3O6S2. The van der Waals surface area contributed by atoms with Crippen LogP contribution in [0.1, 0.15) is 34.8 Å². The maximum Gasteiger partial charge on any atom is 0.318 e. The number of methoxy groups -OCH3 is 1. The maximum atomic E-state index is 13.3. The van der Waals surface area contributed by atoms with Gasteiger partial charge in [0.25, 0.3) is 0 Å². The highest BCUT2D eigenvalue weighted by atomic mass is 32.2. The molecule has 0 saturated heterocycles. The molecule has 35 heavy (non-hydrogen) atoms. The van der Waals surface area contributed by atoms with Gasteiger partial charge >= 0.3 is 16.1 Å². The van der Waals surface area contributed by atoms with Crippen LogP contribution in [0.4, 0.5) is 0 Å². The molecule has 0 saturated carbocycles. The molecule has 0 bridgehead atoms. The van der Waals surface area contributed by atoms with Crippen molar-refractivity contribution in [2.75, 3.05) is 7.11 Å². The molecule has 2 aromatic carbocycles. The van der Waals surface area contributed by atoms with Crippen molar-refractivity contribution >= 4 is 33.3 Å². The SMILES string of the molecule is CCc1csc([C@H](Cc2ccc(S(=O)(=O)ON)cc2)NC(=O)[C@H](Cc2ccccc2)C(=O)OC)n1. The Bertz CT molecular complexity index is 1240. The van der Waals surface area contributed by atoms with Crippen molar-refractivity contribution in [2.45, 2.75) is 37.1 Å². The summed E-state index contributed by atoms with van der Waals surface area (Å²) in [6.45, 7) is 1.98. The summed E-state index contributed by atoms with van der Waals surface area (Å²) in [7, 11) is -2.77. The van der Waals surface area contributed by atoms with Crippen LogP contribution in [0.3, 0.4) is 0 Å². The minimum absolute atomic E-state index is 0.0829. The van der Waals surface area contributed by atoms with Gasteiger partial charge in [0.15, 0.2) is 0 Å². The zero-order valence-electron chi connectivity index (χ0n) is 19.3. The first-order valence-corrected chi connectivity index (χ1v) is 13.1. The van der Waals surface area contributed by atoms with Crippen LogP contribution in [0.5, 0.6) is 0 Å². The van der Waals surface area contributed by atoms with Crippen molar-refractivity contribution in [3.05, 3.63) is 81.8 Å². The Morgan fingerprint density at radius 1 is 1.06 bits per heavy atom. The van der Waals surface area contributed by atoms with Crippen molar-refractivity contribution in [3.63, 3.8) is 0 Å². The Morgan fingerprint density at radius 2 is 1.71 bits per heavy atom. The number of benzene rings is 2. The Balaban J connectivity index is 1.86. The van der Waals surface area contributed by atoms with Crippen LogP contribution in [-0.2, 0) is 48.0 Å². The zero-order chi connectivity index (χ0) is 25.4. The summed E-state index contributed by atoms with van der Waals surface area (Å²) < 4.78 is 32.5. The lowest BCUT2D eigenvalue weighted by Crippen LogP contribution is -2.40. The lowest BCUT2D eigenvalue weighted by Gasteiger charge is -2.21. The van der Waals surface area contributed by atoms with E-state index in [0.717, 1.165) is 23.2 Å². The number of esters is 1. The molecule has 11 heteroatoms. The van der Waals surface area contributed by atoms with E-state index >= 15 is 0 Å². The summed E-state index contributed by atoms with van der Waals surface area (Å²) in [5.74, 6) is 2.70. The molecule has 0 spiro atoms. The highest BCUT2D eigenvalue weighted by molar-refractivity contribution is 7.86. The largest absolute Gasteiger partial charge is 0.468 e. The smallest absolute Gasteiger partial charge is 0.318 e. The molecule has 0 unspecified atom stereocenters. The molecule has 3 aromatic rings. The summed E-state index contributed by atoms with van der Waals surface area (Å²) in [6, 6.07) is 14.7. The fourth-order valence-corrected chi connectivity index (χ4v) is 5.01. The minimum Gasteiger partial charge on any atom is -0.468 e. The van der Waals surface area contributed by atoms with Gasteiger partial charge in [-0.1, -0.05) is 49.4 Å². The van der Waals surface area contributed by atoms with Gasteiger partial charge in [-0.05, 0) is 42.5 Å². The Labute approximate surface area is 208 Å². The lowest BCUT2D eigenvalue weighted by molar-refractivity contribution is -0.150. The minimum atomic E-state index is -4.02. The van der Waals surface area contributed by atoms with Gasteiger partial charge in [0.05, 0.1) is 23.7 Å². The van der Waals surface area contributed by atoms with E-state index in [4.69, 9.17) is 10.6 Å². The Hall–Kier alpha value is -3.12. The first-order chi connectivity index (χ1) is 16.8. The number of aromatic nitrogens is 1. The predicted molar refractivity (Wildman–Crippen MR) is 131 cm³/mol. The third kappa shape index (κ3) is 6.95. The molecule has 1 amide bonds. The van der Waals surface area contributed by atoms with Crippen LogP contribution in [-0.4, -0.2) is 32.4 Å². The standard InChI is InChI=1S/C24H27N3O6S2/c1-3-18-15-34-23(26-18)21(14-17-9-11-19(12-10-17)35(30,31)33-25)27-22(28)20(24(29)32-2)13-16-7-5-4-6-8-16/h4-12,15,20-21H,3,13-14,25H2,1-2H3,(H,27,28)/t20-,21-/m0/s1. The number of aryl methyl sites for hydroxylation is 1. The summed E-state index contributed by atoms with van der Waals surface area (Å²) in [5.41, 5.74) is 2.47. The van der Waals surface area contributed by atoms with Crippen molar-refractivity contribution in [3.8, 4) is 0 Å². The topological polar surface area (TPSA) is 138 Å². The normalized spacial score (nSPS) is 13.1. The summed E-state index contributed by atoms with van der Waals surface area (Å²) in [4.78, 5) is 30.3. The van der Waals surface area contributed by atoms with Crippen LogP contribution in [0.2, 0.25) is 0 Å². The van der Waals surface area contributed by atoms with Crippen molar-refractivity contribution in [1.29, 1.82) is 0 Å². The highest BCUT2D eigenvalue weighted by Gasteiger charge is 2.31. The summed E-state index contributed by atoms with van der Waals surface area (Å²) >= 11 is 1.41. The van der Waals surface area contributed by atoms with Gasteiger partial charge < -0.3 is 10.1 Å². The zero-order valence-corrected chi connectivity index (χ0v) is 21.0. The first kappa shape index (κ1) is 26.5. The number of carbonyl (C=O) groups excluding carboxylic acids is 2. The van der Waals surface area contributed by atoms with Crippen LogP contribution >= 0.6 is 11.3 Å². The summed E-state index contributed by atoms with van der Waals surface area (Å²) in [5, 5.41) is 5.56. The molecule has 0 fully saturated rings. The van der Waals surface area contributed by atoms with Crippen LogP contribution in [0.25, 0.3) is 0 Å². The van der Waals surface area contributed by atoms with Gasteiger partial charge in [-0.3, -0.25) is 9.59 Å². The molecule has 3 rings (SSSR count). The lowest BCUT2D eigenvalue weighted by atomic mass is 9.97. The van der Waals surface area contributed by atoms with E-state index in [1.54, 1.807) is 12.1 Å².